The highest BCUT2D eigenvalue weighted by molar-refractivity contribution is 7.90. The third kappa shape index (κ3) is 2.75. The zero-order valence-corrected chi connectivity index (χ0v) is 17.1. The second kappa shape index (κ2) is 6.62. The number of fused-ring (bicyclic) bond motifs is 1. The highest BCUT2D eigenvalue weighted by Gasteiger charge is 2.72. The molecule has 6 heteroatoms. The molecule has 148 valence electrons. The second-order valence-corrected chi connectivity index (χ2v) is 11.0. The molecule has 5 nitrogen and oxygen atoms in total. The molecule has 0 aromatic carbocycles. The van der Waals surface area contributed by atoms with E-state index in [1.54, 1.807) is 6.92 Å². The number of amides is 1. The molecule has 2 saturated carbocycles. The number of aliphatic hydroxyl groups is 1. The quantitative estimate of drug-likeness (QED) is 0.541. The summed E-state index contributed by atoms with van der Waals surface area (Å²) in [5, 5.41) is 10.4. The van der Waals surface area contributed by atoms with Crippen LogP contribution in [-0.4, -0.2) is 41.6 Å². The molecule has 3 fully saturated rings. The fourth-order valence-electron chi connectivity index (χ4n) is 5.84. The maximum absolute atomic E-state index is 13.1. The minimum Gasteiger partial charge on any atom is -0.392 e. The van der Waals surface area contributed by atoms with Crippen molar-refractivity contribution in [2.24, 2.45) is 22.7 Å². The van der Waals surface area contributed by atoms with Gasteiger partial charge in [-0.05, 0) is 49.9 Å². The van der Waals surface area contributed by atoms with Crippen molar-refractivity contribution in [1.29, 1.82) is 0 Å². The number of nitrogens with zero attached hydrogens (tertiary/aromatic N) is 1. The molecule has 5 atom stereocenters. The number of carbonyl (C=O) groups is 1. The Labute approximate surface area is 157 Å². The van der Waals surface area contributed by atoms with Crippen LogP contribution in [-0.2, 0) is 14.8 Å². The van der Waals surface area contributed by atoms with Gasteiger partial charge in [-0.1, -0.05) is 33.3 Å². The first-order valence-electron chi connectivity index (χ1n) is 9.93. The summed E-state index contributed by atoms with van der Waals surface area (Å²) >= 11 is 0. The molecule has 1 N–H and O–H groups in total. The summed E-state index contributed by atoms with van der Waals surface area (Å²) in [6, 6.07) is -0.218. The Bertz CT molecular complexity index is 686. The molecular weight excluding hydrogens is 350 g/mol. The van der Waals surface area contributed by atoms with Gasteiger partial charge < -0.3 is 5.11 Å². The minimum absolute atomic E-state index is 0.0493. The molecule has 0 aromatic rings. The summed E-state index contributed by atoms with van der Waals surface area (Å²) in [4.78, 5) is 13.1. The Kier molecular flexibility index (Phi) is 5.06. The van der Waals surface area contributed by atoms with Crippen molar-refractivity contribution in [2.45, 2.75) is 77.9 Å². The summed E-state index contributed by atoms with van der Waals surface area (Å²) in [7, 11) is -3.61. The Morgan fingerprint density at radius 2 is 2.08 bits per heavy atom. The molecule has 2 aliphatic carbocycles. The lowest BCUT2D eigenvalue weighted by molar-refractivity contribution is -0.136. The lowest BCUT2D eigenvalue weighted by Gasteiger charge is -2.37. The van der Waals surface area contributed by atoms with Gasteiger partial charge in [0, 0.05) is 5.41 Å². The molecular formula is C20H33NO4S. The van der Waals surface area contributed by atoms with Crippen LogP contribution in [0.2, 0.25) is 0 Å². The van der Waals surface area contributed by atoms with Crippen molar-refractivity contribution in [2.75, 3.05) is 5.75 Å². The van der Waals surface area contributed by atoms with Gasteiger partial charge in [0.1, 0.15) is 0 Å². The zero-order valence-electron chi connectivity index (χ0n) is 16.3. The average Bonchev–Trinajstić information content (AvgIpc) is 3.04. The molecule has 1 heterocycles. The molecule has 0 radical (unpaired) electrons. The van der Waals surface area contributed by atoms with E-state index < -0.39 is 28.0 Å². The number of carbonyl (C=O) groups excluding carboxylic acids is 1. The van der Waals surface area contributed by atoms with Crippen LogP contribution in [0.25, 0.3) is 0 Å². The Morgan fingerprint density at radius 3 is 2.69 bits per heavy atom. The van der Waals surface area contributed by atoms with E-state index >= 15 is 0 Å². The molecule has 2 bridgehead atoms. The smallest absolute Gasteiger partial charge is 0.241 e. The number of hydrogen-bond acceptors (Lipinski definition) is 4. The van der Waals surface area contributed by atoms with E-state index in [1.165, 1.54) is 4.31 Å². The second-order valence-electron chi connectivity index (χ2n) is 9.18. The van der Waals surface area contributed by atoms with E-state index in [-0.39, 0.29) is 22.6 Å². The minimum atomic E-state index is -3.61. The van der Waals surface area contributed by atoms with Gasteiger partial charge in [-0.2, -0.15) is 0 Å². The van der Waals surface area contributed by atoms with E-state index in [0.29, 0.717) is 12.3 Å². The highest BCUT2D eigenvalue weighted by Crippen LogP contribution is 2.70. The van der Waals surface area contributed by atoms with Crippen molar-refractivity contribution < 1.29 is 18.3 Å². The summed E-state index contributed by atoms with van der Waals surface area (Å²) in [5.41, 5.74) is -0.354. The molecule has 1 aliphatic heterocycles. The number of unbranched alkanes of at least 4 members (excludes halogenated alkanes) is 2. The maximum Gasteiger partial charge on any atom is 0.241 e. The van der Waals surface area contributed by atoms with Gasteiger partial charge in [0.05, 0.1) is 23.8 Å². The Balaban J connectivity index is 1.76. The summed E-state index contributed by atoms with van der Waals surface area (Å²) in [6.45, 7) is 9.69. The van der Waals surface area contributed by atoms with Crippen LogP contribution < -0.4 is 0 Å². The summed E-state index contributed by atoms with van der Waals surface area (Å²) in [5.74, 6) is -0.531. The van der Waals surface area contributed by atoms with Crippen molar-refractivity contribution in [3.63, 3.8) is 0 Å². The van der Waals surface area contributed by atoms with Crippen LogP contribution >= 0.6 is 0 Å². The highest BCUT2D eigenvalue weighted by atomic mass is 32.2. The summed E-state index contributed by atoms with van der Waals surface area (Å²) in [6.07, 6.45) is 6.89. The third-order valence-electron chi connectivity index (χ3n) is 7.75. The van der Waals surface area contributed by atoms with Gasteiger partial charge in [-0.15, -0.1) is 6.58 Å². The number of sulfonamides is 1. The van der Waals surface area contributed by atoms with E-state index in [9.17, 15) is 18.3 Å². The molecule has 1 saturated heterocycles. The first-order valence-corrected chi connectivity index (χ1v) is 11.5. The molecule has 1 amide bonds. The Morgan fingerprint density at radius 1 is 1.38 bits per heavy atom. The maximum atomic E-state index is 13.1. The van der Waals surface area contributed by atoms with Gasteiger partial charge >= 0.3 is 0 Å². The van der Waals surface area contributed by atoms with Crippen LogP contribution in [0.3, 0.4) is 0 Å². The average molecular weight is 384 g/mol. The predicted octanol–water partition coefficient (Wildman–Crippen LogP) is 3.10. The van der Waals surface area contributed by atoms with Crippen molar-refractivity contribution >= 4 is 15.9 Å². The van der Waals surface area contributed by atoms with Crippen LogP contribution in [0, 0.1) is 22.7 Å². The standard InChI is InChI=1S/C20H33NO4S/c1-5-6-7-8-9-16(22)14(2)18(23)21-17-12-15-10-11-20(17,19(15,3)4)13-26(21,24)25/h5,14-17,22H,1,6-13H2,2-4H3/t14?,15-,16?,17-,20-/m0/s1. The third-order valence-corrected chi connectivity index (χ3v) is 9.67. The SMILES string of the molecule is C=CCCCCC(O)C(C)C(=O)N1[C@H]2C[C@@H]3CC[C@@]2(CS1(=O)=O)C3(C)C. The topological polar surface area (TPSA) is 74.7 Å². The molecule has 0 aromatic heterocycles. The lowest BCUT2D eigenvalue weighted by atomic mass is 9.69. The number of aliphatic hydroxyl groups excluding tert-OH is 1. The molecule has 3 rings (SSSR count). The number of allylic oxidation sites excluding steroid dienone is 1. The van der Waals surface area contributed by atoms with E-state index in [4.69, 9.17) is 0 Å². The van der Waals surface area contributed by atoms with Crippen LogP contribution in [0.1, 0.15) is 65.7 Å². The fraction of sp³-hybridized carbons (Fsp3) is 0.850. The fourth-order valence-corrected chi connectivity index (χ4v) is 8.45. The predicted molar refractivity (Wildman–Crippen MR) is 102 cm³/mol. The number of hydrogen-bond donors (Lipinski definition) is 1. The van der Waals surface area contributed by atoms with Gasteiger partial charge in [0.15, 0.2) is 0 Å². The molecule has 3 aliphatic rings. The largest absolute Gasteiger partial charge is 0.392 e. The van der Waals surface area contributed by atoms with Gasteiger partial charge in [-0.3, -0.25) is 4.79 Å². The zero-order chi connectivity index (χ0) is 19.3. The van der Waals surface area contributed by atoms with Gasteiger partial charge in [0.25, 0.3) is 0 Å². The van der Waals surface area contributed by atoms with Crippen molar-refractivity contribution in [3.05, 3.63) is 12.7 Å². The van der Waals surface area contributed by atoms with E-state index in [1.807, 2.05) is 6.08 Å². The van der Waals surface area contributed by atoms with Crippen LogP contribution in [0.15, 0.2) is 12.7 Å². The van der Waals surface area contributed by atoms with Gasteiger partial charge in [-0.25, -0.2) is 12.7 Å². The number of rotatable bonds is 7. The van der Waals surface area contributed by atoms with E-state index in [2.05, 4.69) is 20.4 Å². The molecule has 2 unspecified atom stereocenters. The van der Waals surface area contributed by atoms with Crippen molar-refractivity contribution in [3.8, 4) is 0 Å². The van der Waals surface area contributed by atoms with Gasteiger partial charge in [0.2, 0.25) is 15.9 Å². The first kappa shape index (κ1) is 19.9. The first-order chi connectivity index (χ1) is 12.1. The summed E-state index contributed by atoms with van der Waals surface area (Å²) < 4.78 is 27.0. The van der Waals surface area contributed by atoms with E-state index in [0.717, 1.165) is 38.5 Å². The lowest BCUT2D eigenvalue weighted by Crippen LogP contribution is -2.47. The normalized spacial score (nSPS) is 35.9. The molecule has 1 spiro atoms. The van der Waals surface area contributed by atoms with Crippen molar-refractivity contribution in [1.82, 2.24) is 4.31 Å². The van der Waals surface area contributed by atoms with Crippen LogP contribution in [0.4, 0.5) is 0 Å². The Hall–Kier alpha value is -0.880. The molecule has 26 heavy (non-hydrogen) atoms. The monoisotopic (exact) mass is 383 g/mol. The van der Waals surface area contributed by atoms with Crippen LogP contribution in [0.5, 0.6) is 0 Å².